The van der Waals surface area contributed by atoms with E-state index in [4.69, 9.17) is 27.9 Å². The van der Waals surface area contributed by atoms with Gasteiger partial charge in [0, 0.05) is 15.7 Å². The van der Waals surface area contributed by atoms with Gasteiger partial charge in [0.15, 0.2) is 0 Å². The number of esters is 1. The van der Waals surface area contributed by atoms with Gasteiger partial charge in [-0.2, -0.15) is 0 Å². The van der Waals surface area contributed by atoms with Crippen LogP contribution in [0.1, 0.15) is 32.4 Å². The first kappa shape index (κ1) is 18.8. The Hall–Kier alpha value is -2.50. The van der Waals surface area contributed by atoms with Crippen LogP contribution in [0.25, 0.3) is 11.0 Å². The zero-order valence-corrected chi connectivity index (χ0v) is 17.2. The zero-order valence-electron chi connectivity index (χ0n) is 15.7. The fourth-order valence-electron chi connectivity index (χ4n) is 3.52. The van der Waals surface area contributed by atoms with E-state index >= 15 is 0 Å². The highest BCUT2D eigenvalue weighted by molar-refractivity contribution is 6.35. The summed E-state index contributed by atoms with van der Waals surface area (Å²) in [7, 11) is 0. The Bertz CT molecular complexity index is 1120. The molecule has 2 heterocycles. The van der Waals surface area contributed by atoms with Crippen molar-refractivity contribution < 1.29 is 9.53 Å². The number of ether oxygens (including phenoxy) is 1. The van der Waals surface area contributed by atoms with E-state index in [-0.39, 0.29) is 12.1 Å². The summed E-state index contributed by atoms with van der Waals surface area (Å²) in [5.74, 6) is 0.260. The Morgan fingerprint density at radius 2 is 1.96 bits per heavy atom. The summed E-state index contributed by atoms with van der Waals surface area (Å²) in [5.41, 5.74) is 3.65. The first-order chi connectivity index (χ1) is 13.4. The summed E-state index contributed by atoms with van der Waals surface area (Å²) >= 11 is 12.7. The van der Waals surface area contributed by atoms with Crippen molar-refractivity contribution in [1.82, 2.24) is 9.55 Å². The van der Waals surface area contributed by atoms with E-state index in [0.717, 1.165) is 16.6 Å². The summed E-state index contributed by atoms with van der Waals surface area (Å²) in [4.78, 5) is 17.7. The highest BCUT2D eigenvalue weighted by Gasteiger charge is 2.36. The molecular formula is C21H19Cl2N3O2. The van der Waals surface area contributed by atoms with Crippen LogP contribution in [0.15, 0.2) is 53.7 Å². The summed E-state index contributed by atoms with van der Waals surface area (Å²) in [6.07, 6.45) is -0.241. The fraction of sp³-hybridized carbons (Fsp3) is 0.238. The number of halogens is 2. The lowest BCUT2D eigenvalue weighted by molar-refractivity contribution is -0.143. The number of carbonyl (C=O) groups excluding carboxylic acids is 1. The fourth-order valence-corrected chi connectivity index (χ4v) is 4.04. The first-order valence-corrected chi connectivity index (χ1v) is 9.73. The van der Waals surface area contributed by atoms with Gasteiger partial charge in [-0.05, 0) is 50.6 Å². The van der Waals surface area contributed by atoms with E-state index in [9.17, 15) is 4.79 Å². The maximum absolute atomic E-state index is 13.0. The van der Waals surface area contributed by atoms with Gasteiger partial charge in [-0.1, -0.05) is 41.4 Å². The molecule has 28 heavy (non-hydrogen) atoms. The van der Waals surface area contributed by atoms with Crippen LogP contribution in [0.5, 0.6) is 0 Å². The second kappa shape index (κ2) is 7.15. The van der Waals surface area contributed by atoms with Gasteiger partial charge < -0.3 is 10.1 Å². The maximum atomic E-state index is 13.0. The molecule has 0 amide bonds. The second-order valence-corrected chi connectivity index (χ2v) is 7.82. The van der Waals surface area contributed by atoms with Gasteiger partial charge in [-0.25, -0.2) is 9.78 Å². The van der Waals surface area contributed by atoms with Gasteiger partial charge in [-0.15, -0.1) is 0 Å². The van der Waals surface area contributed by atoms with E-state index in [1.165, 1.54) is 0 Å². The Kier molecular flexibility index (Phi) is 4.81. The third-order valence-electron chi connectivity index (χ3n) is 4.65. The van der Waals surface area contributed by atoms with Crippen LogP contribution < -0.4 is 5.32 Å². The van der Waals surface area contributed by atoms with Crippen molar-refractivity contribution in [1.29, 1.82) is 0 Å². The number of imidazole rings is 1. The van der Waals surface area contributed by atoms with Crippen LogP contribution in [-0.2, 0) is 9.53 Å². The molecule has 7 heteroatoms. The largest absolute Gasteiger partial charge is 0.459 e. The molecule has 0 bridgehead atoms. The van der Waals surface area contributed by atoms with Gasteiger partial charge in [0.05, 0.1) is 28.8 Å². The monoisotopic (exact) mass is 415 g/mol. The van der Waals surface area contributed by atoms with E-state index in [1.807, 2.05) is 55.7 Å². The van der Waals surface area contributed by atoms with Crippen molar-refractivity contribution in [3.05, 3.63) is 69.3 Å². The van der Waals surface area contributed by atoms with Gasteiger partial charge in [0.25, 0.3) is 0 Å². The molecule has 0 radical (unpaired) electrons. The smallest absolute Gasteiger partial charge is 0.338 e. The lowest BCUT2D eigenvalue weighted by Crippen LogP contribution is -2.30. The summed E-state index contributed by atoms with van der Waals surface area (Å²) < 4.78 is 7.52. The molecule has 4 rings (SSSR count). The highest BCUT2D eigenvalue weighted by atomic mass is 35.5. The van der Waals surface area contributed by atoms with Crippen LogP contribution in [0, 0.1) is 0 Å². The van der Waals surface area contributed by atoms with Crippen LogP contribution >= 0.6 is 23.2 Å². The average molecular weight is 416 g/mol. The molecule has 144 valence electrons. The van der Waals surface area contributed by atoms with E-state index in [1.54, 1.807) is 12.1 Å². The number of para-hydroxylation sites is 2. The van der Waals surface area contributed by atoms with Crippen molar-refractivity contribution >= 4 is 46.2 Å². The number of nitrogens with one attached hydrogen (secondary N) is 1. The van der Waals surface area contributed by atoms with E-state index < -0.39 is 6.04 Å². The predicted octanol–water partition coefficient (Wildman–Crippen LogP) is 5.58. The van der Waals surface area contributed by atoms with Crippen molar-refractivity contribution in [2.45, 2.75) is 32.9 Å². The second-order valence-electron chi connectivity index (χ2n) is 6.98. The van der Waals surface area contributed by atoms with Gasteiger partial charge in [0.2, 0.25) is 5.95 Å². The number of allylic oxidation sites excluding steroid dienone is 1. The van der Waals surface area contributed by atoms with Crippen molar-refractivity contribution in [2.75, 3.05) is 5.32 Å². The lowest BCUT2D eigenvalue weighted by Gasteiger charge is -2.31. The molecule has 1 atom stereocenters. The third kappa shape index (κ3) is 3.15. The average Bonchev–Trinajstić information content (AvgIpc) is 2.98. The number of benzene rings is 2. The molecule has 1 N–H and O–H groups in total. The van der Waals surface area contributed by atoms with Crippen LogP contribution in [0.3, 0.4) is 0 Å². The molecule has 1 unspecified atom stereocenters. The molecule has 1 aromatic heterocycles. The topological polar surface area (TPSA) is 56.2 Å². The Balaban J connectivity index is 1.99. The number of nitrogens with zero attached hydrogens (tertiary/aromatic N) is 2. The van der Waals surface area contributed by atoms with E-state index in [2.05, 4.69) is 10.3 Å². The van der Waals surface area contributed by atoms with Gasteiger partial charge >= 0.3 is 5.97 Å². The standard InChI is InChI=1S/C21H19Cl2N3O2/c1-11(2)28-20(27)18-12(3)24-21-25-16-6-4-5-7-17(16)26(21)19(18)14-9-8-13(22)10-15(14)23/h4-11,19H,1-3H3,(H,24,25). The quantitative estimate of drug-likeness (QED) is 0.566. The van der Waals surface area contributed by atoms with Crippen LogP contribution in [0.4, 0.5) is 5.95 Å². The molecule has 0 aliphatic carbocycles. The SMILES string of the molecule is CC1=C(C(=O)OC(C)C)C(c2ccc(Cl)cc2Cl)n2c(nc3ccccc32)N1. The molecule has 3 aromatic rings. The Labute approximate surface area is 172 Å². The summed E-state index contributed by atoms with van der Waals surface area (Å²) in [5, 5.41) is 4.26. The summed E-state index contributed by atoms with van der Waals surface area (Å²) in [6, 6.07) is 12.6. The predicted molar refractivity (Wildman–Crippen MR) is 112 cm³/mol. The maximum Gasteiger partial charge on any atom is 0.338 e. The van der Waals surface area contributed by atoms with Crippen molar-refractivity contribution in [2.24, 2.45) is 0 Å². The number of fused-ring (bicyclic) bond motifs is 3. The van der Waals surface area contributed by atoms with E-state index in [0.29, 0.717) is 27.3 Å². The minimum atomic E-state index is -0.486. The van der Waals surface area contributed by atoms with Gasteiger partial charge in [-0.3, -0.25) is 4.57 Å². The normalized spacial score (nSPS) is 16.3. The lowest BCUT2D eigenvalue weighted by atomic mass is 9.95. The number of rotatable bonds is 3. The minimum absolute atomic E-state index is 0.241. The molecule has 0 spiro atoms. The van der Waals surface area contributed by atoms with Gasteiger partial charge in [0.1, 0.15) is 0 Å². The van der Waals surface area contributed by atoms with Crippen LogP contribution in [-0.4, -0.2) is 21.6 Å². The summed E-state index contributed by atoms with van der Waals surface area (Å²) in [6.45, 7) is 5.50. The number of hydrogen-bond acceptors (Lipinski definition) is 4. The zero-order chi connectivity index (χ0) is 20.0. The Morgan fingerprint density at radius 1 is 1.21 bits per heavy atom. The molecule has 0 saturated heterocycles. The first-order valence-electron chi connectivity index (χ1n) is 8.97. The number of anilines is 1. The molecule has 5 nitrogen and oxygen atoms in total. The van der Waals surface area contributed by atoms with Crippen LogP contribution in [0.2, 0.25) is 10.0 Å². The molecule has 0 saturated carbocycles. The number of carbonyl (C=O) groups is 1. The third-order valence-corrected chi connectivity index (χ3v) is 5.21. The molecule has 1 aliphatic rings. The molecule has 1 aliphatic heterocycles. The molecule has 2 aromatic carbocycles. The van der Waals surface area contributed by atoms with Crippen molar-refractivity contribution in [3.63, 3.8) is 0 Å². The molecule has 0 fully saturated rings. The highest BCUT2D eigenvalue weighted by Crippen LogP contribution is 2.42. The van der Waals surface area contributed by atoms with Crippen molar-refractivity contribution in [3.8, 4) is 0 Å². The molecular weight excluding hydrogens is 397 g/mol. The number of hydrogen-bond donors (Lipinski definition) is 1. The minimum Gasteiger partial charge on any atom is -0.459 e. The Morgan fingerprint density at radius 3 is 2.68 bits per heavy atom. The number of aromatic nitrogens is 2.